The van der Waals surface area contributed by atoms with Crippen molar-refractivity contribution in [1.82, 2.24) is 9.62 Å². The van der Waals surface area contributed by atoms with E-state index in [-0.39, 0.29) is 10.8 Å². The first kappa shape index (κ1) is 19.6. The van der Waals surface area contributed by atoms with Gasteiger partial charge in [0.05, 0.1) is 4.90 Å². The van der Waals surface area contributed by atoms with Crippen molar-refractivity contribution in [3.05, 3.63) is 77.9 Å². The third-order valence-electron chi connectivity index (χ3n) is 5.37. The number of hydrogen-bond donors (Lipinski definition) is 1. The van der Waals surface area contributed by atoms with E-state index < -0.39 is 10.0 Å². The van der Waals surface area contributed by atoms with Crippen LogP contribution in [0, 0.1) is 0 Å². The summed E-state index contributed by atoms with van der Waals surface area (Å²) in [5.74, 6) is -0.284. The van der Waals surface area contributed by atoms with Gasteiger partial charge in [0.1, 0.15) is 0 Å². The minimum atomic E-state index is -3.56. The maximum atomic E-state index is 12.9. The minimum Gasteiger partial charge on any atom is -0.348 e. The predicted molar refractivity (Wildman–Crippen MR) is 114 cm³/mol. The van der Waals surface area contributed by atoms with E-state index in [4.69, 9.17) is 0 Å². The molecule has 1 N–H and O–H groups in total. The second-order valence-corrected chi connectivity index (χ2v) is 9.25. The predicted octanol–water partition coefficient (Wildman–Crippen LogP) is 3.94. The number of hydrogen-bond acceptors (Lipinski definition) is 3. The summed E-state index contributed by atoms with van der Waals surface area (Å²) >= 11 is 0. The van der Waals surface area contributed by atoms with Crippen LogP contribution in [-0.4, -0.2) is 31.7 Å². The van der Waals surface area contributed by atoms with Crippen molar-refractivity contribution < 1.29 is 13.2 Å². The molecule has 0 atom stereocenters. The van der Waals surface area contributed by atoms with Crippen LogP contribution in [0.2, 0.25) is 0 Å². The first-order valence-electron chi connectivity index (χ1n) is 9.91. The fraction of sp³-hybridized carbons (Fsp3) is 0.261. The van der Waals surface area contributed by atoms with Gasteiger partial charge in [-0.3, -0.25) is 4.79 Å². The zero-order valence-electron chi connectivity index (χ0n) is 16.2. The number of benzene rings is 3. The van der Waals surface area contributed by atoms with Gasteiger partial charge in [0.25, 0.3) is 5.91 Å². The van der Waals surface area contributed by atoms with Crippen LogP contribution in [0.1, 0.15) is 35.2 Å². The number of nitrogens with one attached hydrogen (secondary N) is 1. The molecule has 1 amide bonds. The number of nitrogens with zero attached hydrogens (tertiary/aromatic N) is 1. The summed E-state index contributed by atoms with van der Waals surface area (Å²) in [5.41, 5.74) is 1.37. The molecule has 1 aliphatic heterocycles. The Hall–Kier alpha value is -2.70. The van der Waals surface area contributed by atoms with Crippen LogP contribution in [0.4, 0.5) is 0 Å². The third kappa shape index (κ3) is 4.18. The molecule has 0 unspecified atom stereocenters. The topological polar surface area (TPSA) is 66.5 Å². The largest absolute Gasteiger partial charge is 0.348 e. The van der Waals surface area contributed by atoms with Gasteiger partial charge in [-0.15, -0.1) is 0 Å². The smallest absolute Gasteiger partial charge is 0.251 e. The quantitative estimate of drug-likeness (QED) is 0.695. The summed E-state index contributed by atoms with van der Waals surface area (Å²) in [7, 11) is -3.56. The number of sulfonamides is 1. The van der Waals surface area contributed by atoms with Crippen LogP contribution in [0.5, 0.6) is 0 Å². The Morgan fingerprint density at radius 1 is 0.897 bits per heavy atom. The van der Waals surface area contributed by atoms with Gasteiger partial charge in [-0.05, 0) is 47.4 Å². The Morgan fingerprint density at radius 2 is 1.62 bits per heavy atom. The van der Waals surface area contributed by atoms with Crippen LogP contribution < -0.4 is 5.32 Å². The zero-order valence-corrected chi connectivity index (χ0v) is 17.0. The van der Waals surface area contributed by atoms with Gasteiger partial charge in [-0.2, -0.15) is 4.31 Å². The molecule has 0 spiro atoms. The number of fused-ring (bicyclic) bond motifs is 1. The standard InChI is InChI=1S/C23H24N2O3S/c26-23(24-17-20-11-6-9-18-8-2-3-13-22(18)20)19-10-7-12-21(16-19)29(27,28)25-14-4-1-5-15-25/h2-3,6-13,16H,1,4-5,14-15,17H2,(H,24,26). The highest BCUT2D eigenvalue weighted by Gasteiger charge is 2.26. The second kappa shape index (κ2) is 8.35. The Bertz CT molecular complexity index is 1130. The number of amides is 1. The SMILES string of the molecule is O=C(NCc1cccc2ccccc12)c1cccc(S(=O)(=O)N2CCCCC2)c1. The summed E-state index contributed by atoms with van der Waals surface area (Å²) in [6, 6.07) is 20.3. The molecule has 150 valence electrons. The summed E-state index contributed by atoms with van der Waals surface area (Å²) in [6.45, 7) is 1.46. The first-order chi connectivity index (χ1) is 14.1. The molecule has 5 nitrogen and oxygen atoms in total. The van der Waals surface area contributed by atoms with E-state index >= 15 is 0 Å². The van der Waals surface area contributed by atoms with Crippen LogP contribution in [-0.2, 0) is 16.6 Å². The summed E-state index contributed by atoms with van der Waals surface area (Å²) in [6.07, 6.45) is 2.82. The Labute approximate surface area is 171 Å². The molecule has 1 aliphatic rings. The molecular weight excluding hydrogens is 384 g/mol. The van der Waals surface area contributed by atoms with Crippen molar-refractivity contribution in [3.8, 4) is 0 Å². The van der Waals surface area contributed by atoms with Crippen LogP contribution in [0.25, 0.3) is 10.8 Å². The fourth-order valence-corrected chi connectivity index (χ4v) is 5.34. The van der Waals surface area contributed by atoms with Crippen molar-refractivity contribution in [2.24, 2.45) is 0 Å². The molecule has 4 rings (SSSR count). The van der Waals surface area contributed by atoms with Gasteiger partial charge in [-0.25, -0.2) is 8.42 Å². The Balaban J connectivity index is 1.51. The number of rotatable bonds is 5. The van der Waals surface area contributed by atoms with Crippen LogP contribution in [0.15, 0.2) is 71.6 Å². The lowest BCUT2D eigenvalue weighted by Crippen LogP contribution is -2.35. The van der Waals surface area contributed by atoms with Crippen molar-refractivity contribution in [2.75, 3.05) is 13.1 Å². The maximum Gasteiger partial charge on any atom is 0.251 e. The van der Waals surface area contributed by atoms with Crippen molar-refractivity contribution >= 4 is 26.7 Å². The van der Waals surface area contributed by atoms with E-state index in [1.54, 1.807) is 18.2 Å². The van der Waals surface area contributed by atoms with Crippen molar-refractivity contribution in [2.45, 2.75) is 30.7 Å². The monoisotopic (exact) mass is 408 g/mol. The van der Waals surface area contributed by atoms with E-state index in [9.17, 15) is 13.2 Å². The first-order valence-corrected chi connectivity index (χ1v) is 11.3. The van der Waals surface area contributed by atoms with Gasteiger partial charge >= 0.3 is 0 Å². The Kier molecular flexibility index (Phi) is 5.65. The molecule has 0 bridgehead atoms. The maximum absolute atomic E-state index is 12.9. The van der Waals surface area contributed by atoms with Gasteiger partial charge < -0.3 is 5.32 Å². The minimum absolute atomic E-state index is 0.178. The molecule has 3 aromatic rings. The van der Waals surface area contributed by atoms with Crippen molar-refractivity contribution in [1.29, 1.82) is 0 Å². The molecule has 0 saturated carbocycles. The second-order valence-electron chi connectivity index (χ2n) is 7.31. The highest BCUT2D eigenvalue weighted by atomic mass is 32.2. The number of piperidine rings is 1. The molecule has 3 aromatic carbocycles. The lowest BCUT2D eigenvalue weighted by Gasteiger charge is -2.26. The lowest BCUT2D eigenvalue weighted by molar-refractivity contribution is 0.0951. The average Bonchev–Trinajstić information content (AvgIpc) is 2.78. The van der Waals surface area contributed by atoms with Gasteiger partial charge in [0.2, 0.25) is 10.0 Å². The molecule has 0 radical (unpaired) electrons. The third-order valence-corrected chi connectivity index (χ3v) is 7.26. The van der Waals surface area contributed by atoms with Crippen LogP contribution in [0.3, 0.4) is 0 Å². The van der Waals surface area contributed by atoms with E-state index in [1.165, 1.54) is 10.4 Å². The van der Waals surface area contributed by atoms with E-state index in [0.717, 1.165) is 35.6 Å². The molecule has 1 fully saturated rings. The number of carbonyl (C=O) groups is 1. The molecule has 0 aromatic heterocycles. The normalized spacial score (nSPS) is 15.3. The molecular formula is C23H24N2O3S. The summed E-state index contributed by atoms with van der Waals surface area (Å²) < 4.78 is 27.3. The van der Waals surface area contributed by atoms with Gasteiger partial charge in [0.15, 0.2) is 0 Å². The van der Waals surface area contributed by atoms with E-state index in [1.807, 2.05) is 42.5 Å². The highest BCUT2D eigenvalue weighted by molar-refractivity contribution is 7.89. The lowest BCUT2D eigenvalue weighted by atomic mass is 10.0. The molecule has 6 heteroatoms. The van der Waals surface area contributed by atoms with E-state index in [2.05, 4.69) is 5.32 Å². The van der Waals surface area contributed by atoms with E-state index in [0.29, 0.717) is 25.2 Å². The molecule has 1 heterocycles. The van der Waals surface area contributed by atoms with Crippen molar-refractivity contribution in [3.63, 3.8) is 0 Å². The Morgan fingerprint density at radius 3 is 2.45 bits per heavy atom. The molecule has 0 aliphatic carbocycles. The van der Waals surface area contributed by atoms with Crippen LogP contribution >= 0.6 is 0 Å². The summed E-state index contributed by atoms with van der Waals surface area (Å²) in [5, 5.41) is 5.13. The summed E-state index contributed by atoms with van der Waals surface area (Å²) in [4.78, 5) is 12.9. The fourth-order valence-electron chi connectivity index (χ4n) is 3.78. The van der Waals surface area contributed by atoms with Gasteiger partial charge in [-0.1, -0.05) is 55.0 Å². The molecule has 1 saturated heterocycles. The zero-order chi connectivity index (χ0) is 20.3. The number of carbonyl (C=O) groups excluding carboxylic acids is 1. The highest BCUT2D eigenvalue weighted by Crippen LogP contribution is 2.22. The molecule has 29 heavy (non-hydrogen) atoms. The van der Waals surface area contributed by atoms with Gasteiger partial charge in [0, 0.05) is 25.2 Å². The average molecular weight is 409 g/mol.